The molecular weight excluding hydrogens is 199 g/mol. The molecule has 0 saturated carbocycles. The molecule has 5 nitrogen and oxygen atoms in total. The Morgan fingerprint density at radius 2 is 2.20 bits per heavy atom. The van der Waals surface area contributed by atoms with Crippen molar-refractivity contribution in [2.45, 2.75) is 6.04 Å². The molecule has 0 atom stereocenters. The van der Waals surface area contributed by atoms with Gasteiger partial charge in [-0.1, -0.05) is 6.07 Å². The normalized spacial score (nSPS) is 16.6. The summed E-state index contributed by atoms with van der Waals surface area (Å²) in [4.78, 5) is 15.1. The average molecular weight is 210 g/mol. The van der Waals surface area contributed by atoms with Crippen molar-refractivity contribution < 1.29 is 9.18 Å². The summed E-state index contributed by atoms with van der Waals surface area (Å²) >= 11 is 0. The summed E-state index contributed by atoms with van der Waals surface area (Å²) in [6.07, 6.45) is 0. The lowest BCUT2D eigenvalue weighted by Crippen LogP contribution is -2.38. The third-order valence-corrected chi connectivity index (χ3v) is 2.10. The van der Waals surface area contributed by atoms with E-state index in [1.807, 2.05) is 0 Å². The molecule has 0 aliphatic carbocycles. The van der Waals surface area contributed by atoms with Crippen LogP contribution in [0.4, 0.5) is 4.39 Å². The van der Waals surface area contributed by atoms with Crippen LogP contribution in [0.1, 0.15) is 10.5 Å². The zero-order chi connectivity index (χ0) is 10.7. The highest BCUT2D eigenvalue weighted by atomic mass is 19.1. The van der Waals surface area contributed by atoms with Gasteiger partial charge in [0, 0.05) is 13.1 Å². The summed E-state index contributed by atoms with van der Waals surface area (Å²) in [6.45, 7) is 1.31. The number of rotatable bonds is 2. The average Bonchev–Trinajstić information content (AvgIpc) is 2.70. The van der Waals surface area contributed by atoms with E-state index in [4.69, 9.17) is 0 Å². The zero-order valence-electron chi connectivity index (χ0n) is 7.96. The second-order valence-electron chi connectivity index (χ2n) is 3.28. The van der Waals surface area contributed by atoms with Crippen LogP contribution in [-0.2, 0) is 0 Å². The molecule has 15 heavy (non-hydrogen) atoms. The molecule has 0 bridgehead atoms. The number of nitrogens with one attached hydrogen (secondary N) is 3. The summed E-state index contributed by atoms with van der Waals surface area (Å²) in [5.41, 5.74) is 5.86. The van der Waals surface area contributed by atoms with Crippen LogP contribution >= 0.6 is 0 Å². The van der Waals surface area contributed by atoms with E-state index in [0.29, 0.717) is 13.1 Å². The quantitative estimate of drug-likeness (QED) is 0.572. The highest BCUT2D eigenvalue weighted by molar-refractivity contribution is 5.92. The molecule has 1 amide bonds. The Hall–Kier alpha value is -1.53. The minimum absolute atomic E-state index is 0.0163. The van der Waals surface area contributed by atoms with Crippen LogP contribution in [0.2, 0.25) is 0 Å². The van der Waals surface area contributed by atoms with Gasteiger partial charge in [0.05, 0.1) is 6.04 Å². The lowest BCUT2D eigenvalue weighted by atomic mass is 10.3. The van der Waals surface area contributed by atoms with Crippen molar-refractivity contribution >= 4 is 5.91 Å². The van der Waals surface area contributed by atoms with Crippen molar-refractivity contribution in [3.8, 4) is 0 Å². The van der Waals surface area contributed by atoms with Crippen molar-refractivity contribution in [1.29, 1.82) is 0 Å². The number of hydrazine groups is 1. The molecule has 1 aliphatic heterocycles. The van der Waals surface area contributed by atoms with Crippen LogP contribution in [0.3, 0.4) is 0 Å². The number of nitrogens with zero attached hydrogens (tertiary/aromatic N) is 1. The molecule has 0 aromatic carbocycles. The number of amides is 1. The summed E-state index contributed by atoms with van der Waals surface area (Å²) in [7, 11) is 0. The van der Waals surface area contributed by atoms with E-state index in [9.17, 15) is 9.18 Å². The molecule has 6 heteroatoms. The Labute approximate surface area is 86.1 Å². The van der Waals surface area contributed by atoms with Gasteiger partial charge in [0.15, 0.2) is 0 Å². The maximum atomic E-state index is 12.7. The summed E-state index contributed by atoms with van der Waals surface area (Å²) < 4.78 is 12.7. The number of aromatic nitrogens is 1. The first-order valence-corrected chi connectivity index (χ1v) is 4.65. The lowest BCUT2D eigenvalue weighted by Gasteiger charge is -2.09. The van der Waals surface area contributed by atoms with Gasteiger partial charge in [0.25, 0.3) is 5.91 Å². The van der Waals surface area contributed by atoms with Crippen molar-refractivity contribution in [3.63, 3.8) is 0 Å². The smallest absolute Gasteiger partial charge is 0.270 e. The lowest BCUT2D eigenvalue weighted by molar-refractivity contribution is 0.0935. The molecule has 1 fully saturated rings. The maximum Gasteiger partial charge on any atom is 0.270 e. The third kappa shape index (κ3) is 2.48. The Bertz CT molecular complexity index is 365. The van der Waals surface area contributed by atoms with Crippen LogP contribution in [0, 0.1) is 5.95 Å². The molecule has 1 aromatic rings. The minimum Gasteiger partial charge on any atom is -0.345 e. The van der Waals surface area contributed by atoms with Crippen LogP contribution in [0.25, 0.3) is 0 Å². The molecule has 0 unspecified atom stereocenters. The van der Waals surface area contributed by atoms with Gasteiger partial charge >= 0.3 is 0 Å². The summed E-state index contributed by atoms with van der Waals surface area (Å²) in [6, 6.07) is 4.16. The molecule has 0 radical (unpaired) electrons. The number of carbonyl (C=O) groups is 1. The Kier molecular flexibility index (Phi) is 2.89. The second-order valence-corrected chi connectivity index (χ2v) is 3.28. The van der Waals surface area contributed by atoms with Gasteiger partial charge in [-0.3, -0.25) is 15.6 Å². The van der Waals surface area contributed by atoms with E-state index in [1.165, 1.54) is 18.2 Å². The highest BCUT2D eigenvalue weighted by Gasteiger charge is 2.17. The SMILES string of the molecule is O=C(NC1CNNC1)c1cccc(F)n1. The largest absolute Gasteiger partial charge is 0.345 e. The number of carbonyl (C=O) groups excluding carboxylic acids is 1. The van der Waals surface area contributed by atoms with Gasteiger partial charge < -0.3 is 5.32 Å². The molecule has 80 valence electrons. The number of halogens is 1. The maximum absolute atomic E-state index is 12.7. The van der Waals surface area contributed by atoms with Gasteiger partial charge in [0.1, 0.15) is 5.69 Å². The first kappa shape index (κ1) is 10.0. The topological polar surface area (TPSA) is 66.1 Å². The van der Waals surface area contributed by atoms with E-state index in [2.05, 4.69) is 21.2 Å². The molecule has 2 rings (SSSR count). The molecule has 1 aliphatic rings. The number of hydrogen-bond acceptors (Lipinski definition) is 4. The van der Waals surface area contributed by atoms with Gasteiger partial charge in [0.2, 0.25) is 5.95 Å². The van der Waals surface area contributed by atoms with Gasteiger partial charge in [-0.15, -0.1) is 0 Å². The molecular formula is C9H11FN4O. The fraction of sp³-hybridized carbons (Fsp3) is 0.333. The number of hydrogen-bond donors (Lipinski definition) is 3. The van der Waals surface area contributed by atoms with E-state index in [-0.39, 0.29) is 17.6 Å². The molecule has 1 aromatic heterocycles. The van der Waals surface area contributed by atoms with Crippen LogP contribution in [-0.4, -0.2) is 30.0 Å². The Balaban J connectivity index is 2.01. The fourth-order valence-corrected chi connectivity index (χ4v) is 1.36. The van der Waals surface area contributed by atoms with E-state index in [1.54, 1.807) is 0 Å². The predicted octanol–water partition coefficient (Wildman–Crippen LogP) is -0.573. The van der Waals surface area contributed by atoms with E-state index in [0.717, 1.165) is 0 Å². The number of pyridine rings is 1. The van der Waals surface area contributed by atoms with Crippen LogP contribution < -0.4 is 16.2 Å². The van der Waals surface area contributed by atoms with Gasteiger partial charge in [-0.25, -0.2) is 4.98 Å². The van der Waals surface area contributed by atoms with Crippen molar-refractivity contribution in [2.24, 2.45) is 0 Å². The van der Waals surface area contributed by atoms with Gasteiger partial charge in [-0.05, 0) is 12.1 Å². The monoisotopic (exact) mass is 210 g/mol. The van der Waals surface area contributed by atoms with E-state index < -0.39 is 5.95 Å². The first-order valence-electron chi connectivity index (χ1n) is 4.65. The van der Waals surface area contributed by atoms with Crippen molar-refractivity contribution in [1.82, 2.24) is 21.2 Å². The zero-order valence-corrected chi connectivity index (χ0v) is 7.96. The Morgan fingerprint density at radius 1 is 1.47 bits per heavy atom. The molecule has 1 saturated heterocycles. The molecule has 2 heterocycles. The third-order valence-electron chi connectivity index (χ3n) is 2.10. The molecule has 3 N–H and O–H groups in total. The van der Waals surface area contributed by atoms with Crippen molar-refractivity contribution in [3.05, 3.63) is 29.8 Å². The Morgan fingerprint density at radius 3 is 2.87 bits per heavy atom. The van der Waals surface area contributed by atoms with Crippen molar-refractivity contribution in [2.75, 3.05) is 13.1 Å². The van der Waals surface area contributed by atoms with Gasteiger partial charge in [-0.2, -0.15) is 4.39 Å². The van der Waals surface area contributed by atoms with Crippen LogP contribution in [0.15, 0.2) is 18.2 Å². The summed E-state index contributed by atoms with van der Waals surface area (Å²) in [5, 5.41) is 2.73. The van der Waals surface area contributed by atoms with Crippen LogP contribution in [0.5, 0.6) is 0 Å². The van der Waals surface area contributed by atoms with E-state index >= 15 is 0 Å². The summed E-state index contributed by atoms with van der Waals surface area (Å²) in [5.74, 6) is -1.00. The first-order chi connectivity index (χ1) is 7.25. The second kappa shape index (κ2) is 4.33. The highest BCUT2D eigenvalue weighted by Crippen LogP contribution is 1.98. The fourth-order valence-electron chi connectivity index (χ4n) is 1.36. The predicted molar refractivity (Wildman–Crippen MR) is 51.5 cm³/mol. The molecule has 0 spiro atoms. The standard InChI is InChI=1S/C9H11FN4O/c10-8-3-1-2-7(14-8)9(15)13-6-4-11-12-5-6/h1-3,6,11-12H,4-5H2,(H,13,15). The minimum atomic E-state index is -0.648.